The number of carbonyl (C=O) groups excluding carboxylic acids is 1. The third-order valence-electron chi connectivity index (χ3n) is 3.27. The van der Waals surface area contributed by atoms with Gasteiger partial charge in [-0.15, -0.1) is 0 Å². The van der Waals surface area contributed by atoms with E-state index in [4.69, 9.17) is 9.84 Å². The van der Waals surface area contributed by atoms with E-state index in [9.17, 15) is 4.79 Å². The number of fused-ring (bicyclic) bond motifs is 3. The zero-order valence-corrected chi connectivity index (χ0v) is 9.93. The molecular formula is C15H12O3. The summed E-state index contributed by atoms with van der Waals surface area (Å²) in [7, 11) is 1.60. The average Bonchev–Trinajstić information content (AvgIpc) is 2.72. The smallest absolute Gasteiger partial charge is 0.194 e. The molecule has 0 atom stereocenters. The number of rotatable bonds is 2. The highest BCUT2D eigenvalue weighted by atomic mass is 16.5. The summed E-state index contributed by atoms with van der Waals surface area (Å²) in [5.74, 6) is 0.700. The van der Waals surface area contributed by atoms with Crippen LogP contribution in [0.5, 0.6) is 5.75 Å². The molecule has 0 saturated heterocycles. The van der Waals surface area contributed by atoms with Gasteiger partial charge in [0.15, 0.2) is 5.78 Å². The summed E-state index contributed by atoms with van der Waals surface area (Å²) < 4.78 is 5.32. The number of methoxy groups -OCH3 is 1. The van der Waals surface area contributed by atoms with E-state index >= 15 is 0 Å². The summed E-state index contributed by atoms with van der Waals surface area (Å²) in [5, 5.41) is 9.14. The number of ketones is 1. The van der Waals surface area contributed by atoms with Crippen molar-refractivity contribution in [3.05, 3.63) is 53.1 Å². The van der Waals surface area contributed by atoms with Gasteiger partial charge in [0.2, 0.25) is 0 Å². The Kier molecular flexibility index (Phi) is 2.42. The number of aliphatic hydroxyl groups is 1. The summed E-state index contributed by atoms with van der Waals surface area (Å²) >= 11 is 0. The lowest BCUT2D eigenvalue weighted by molar-refractivity contribution is 0.104. The quantitative estimate of drug-likeness (QED) is 0.748. The van der Waals surface area contributed by atoms with E-state index in [0.29, 0.717) is 16.9 Å². The van der Waals surface area contributed by atoms with Crippen LogP contribution in [0.15, 0.2) is 36.4 Å². The lowest BCUT2D eigenvalue weighted by Gasteiger charge is -2.07. The summed E-state index contributed by atoms with van der Waals surface area (Å²) in [6, 6.07) is 10.9. The van der Waals surface area contributed by atoms with Crippen molar-refractivity contribution in [1.82, 2.24) is 0 Å². The molecule has 0 aromatic heterocycles. The first-order chi connectivity index (χ1) is 8.76. The minimum atomic E-state index is -0.0615. The summed E-state index contributed by atoms with van der Waals surface area (Å²) in [6.07, 6.45) is 0. The monoisotopic (exact) mass is 240 g/mol. The van der Waals surface area contributed by atoms with Gasteiger partial charge in [-0.05, 0) is 23.3 Å². The standard InChI is InChI=1S/C15H12O3/c1-18-13-4-2-3-11-14(13)10-6-5-9(8-16)7-12(10)15(11)17/h2-7,16H,8H2,1H3. The van der Waals surface area contributed by atoms with Crippen LogP contribution < -0.4 is 4.74 Å². The van der Waals surface area contributed by atoms with Gasteiger partial charge >= 0.3 is 0 Å². The van der Waals surface area contributed by atoms with Crippen LogP contribution in [0.25, 0.3) is 11.1 Å². The zero-order valence-electron chi connectivity index (χ0n) is 9.93. The fraction of sp³-hybridized carbons (Fsp3) is 0.133. The molecule has 3 heteroatoms. The van der Waals surface area contributed by atoms with Crippen molar-refractivity contribution in [2.45, 2.75) is 6.61 Å². The largest absolute Gasteiger partial charge is 0.496 e. The number of carbonyl (C=O) groups is 1. The lowest BCUT2D eigenvalue weighted by atomic mass is 10.0. The highest BCUT2D eigenvalue weighted by Crippen LogP contribution is 2.42. The molecule has 0 radical (unpaired) electrons. The van der Waals surface area contributed by atoms with Crippen molar-refractivity contribution in [3.8, 4) is 16.9 Å². The van der Waals surface area contributed by atoms with Crippen LogP contribution in [-0.2, 0) is 6.61 Å². The predicted molar refractivity (Wildman–Crippen MR) is 67.8 cm³/mol. The van der Waals surface area contributed by atoms with Gasteiger partial charge in [-0.1, -0.05) is 24.3 Å². The molecule has 0 aliphatic heterocycles. The molecular weight excluding hydrogens is 228 g/mol. The van der Waals surface area contributed by atoms with Crippen LogP contribution in [0.2, 0.25) is 0 Å². The molecule has 0 unspecified atom stereocenters. The molecule has 3 nitrogen and oxygen atoms in total. The van der Waals surface area contributed by atoms with Crippen LogP contribution in [0.1, 0.15) is 21.5 Å². The van der Waals surface area contributed by atoms with Gasteiger partial charge in [0.1, 0.15) is 5.75 Å². The van der Waals surface area contributed by atoms with Gasteiger partial charge in [0.25, 0.3) is 0 Å². The van der Waals surface area contributed by atoms with Crippen LogP contribution in [0.4, 0.5) is 0 Å². The zero-order chi connectivity index (χ0) is 12.7. The maximum atomic E-state index is 12.3. The van der Waals surface area contributed by atoms with Crippen molar-refractivity contribution in [1.29, 1.82) is 0 Å². The molecule has 0 fully saturated rings. The van der Waals surface area contributed by atoms with Gasteiger partial charge < -0.3 is 9.84 Å². The van der Waals surface area contributed by atoms with Gasteiger partial charge in [0.05, 0.1) is 13.7 Å². The van der Waals surface area contributed by atoms with Crippen LogP contribution >= 0.6 is 0 Å². The first kappa shape index (κ1) is 11.0. The number of hydrogen-bond acceptors (Lipinski definition) is 3. The van der Waals surface area contributed by atoms with E-state index in [2.05, 4.69) is 0 Å². The van der Waals surface area contributed by atoms with Gasteiger partial charge in [-0.2, -0.15) is 0 Å². The number of ether oxygens (including phenoxy) is 1. The molecule has 90 valence electrons. The van der Waals surface area contributed by atoms with Crippen LogP contribution in [-0.4, -0.2) is 18.0 Å². The highest BCUT2D eigenvalue weighted by molar-refractivity contribution is 6.22. The Hall–Kier alpha value is -2.13. The Morgan fingerprint density at radius 3 is 2.67 bits per heavy atom. The molecule has 1 aliphatic rings. The molecule has 0 saturated carbocycles. The average molecular weight is 240 g/mol. The number of benzene rings is 2. The van der Waals surface area contributed by atoms with E-state index in [-0.39, 0.29) is 12.4 Å². The molecule has 1 aliphatic carbocycles. The Bertz CT molecular complexity index is 644. The van der Waals surface area contributed by atoms with Crippen molar-refractivity contribution in [3.63, 3.8) is 0 Å². The van der Waals surface area contributed by atoms with Crippen LogP contribution in [0, 0.1) is 0 Å². The topological polar surface area (TPSA) is 46.5 Å². The molecule has 2 aromatic rings. The first-order valence-corrected chi connectivity index (χ1v) is 5.72. The minimum Gasteiger partial charge on any atom is -0.496 e. The van der Waals surface area contributed by atoms with Gasteiger partial charge in [-0.25, -0.2) is 0 Å². The minimum absolute atomic E-state index is 0.00537. The molecule has 2 aromatic carbocycles. The Morgan fingerprint density at radius 2 is 1.94 bits per heavy atom. The second-order valence-electron chi connectivity index (χ2n) is 4.25. The van der Waals surface area contributed by atoms with Gasteiger partial charge in [0, 0.05) is 16.7 Å². The van der Waals surface area contributed by atoms with E-state index in [1.54, 1.807) is 19.2 Å². The molecule has 1 N–H and O–H groups in total. The van der Waals surface area contributed by atoms with Crippen LogP contribution in [0.3, 0.4) is 0 Å². The Morgan fingerprint density at radius 1 is 1.11 bits per heavy atom. The fourth-order valence-corrected chi connectivity index (χ4v) is 2.41. The Balaban J connectivity index is 2.30. The molecule has 0 spiro atoms. The Labute approximate surface area is 105 Å². The molecule has 3 rings (SSSR count). The van der Waals surface area contributed by atoms with Gasteiger partial charge in [-0.3, -0.25) is 4.79 Å². The highest BCUT2D eigenvalue weighted by Gasteiger charge is 2.29. The maximum absolute atomic E-state index is 12.3. The van der Waals surface area contributed by atoms with E-state index in [1.807, 2.05) is 24.3 Å². The fourth-order valence-electron chi connectivity index (χ4n) is 2.41. The van der Waals surface area contributed by atoms with Crippen molar-refractivity contribution < 1.29 is 14.6 Å². The summed E-state index contributed by atoms with van der Waals surface area (Å²) in [5.41, 5.74) is 3.78. The first-order valence-electron chi connectivity index (χ1n) is 5.72. The van der Waals surface area contributed by atoms with Crippen molar-refractivity contribution in [2.75, 3.05) is 7.11 Å². The SMILES string of the molecule is COc1cccc2c1-c1ccc(CO)cc1C2=O. The molecule has 0 amide bonds. The molecule has 0 bridgehead atoms. The molecule has 0 heterocycles. The maximum Gasteiger partial charge on any atom is 0.194 e. The third kappa shape index (κ3) is 1.38. The van der Waals surface area contributed by atoms with Crippen molar-refractivity contribution >= 4 is 5.78 Å². The summed E-state index contributed by atoms with van der Waals surface area (Å²) in [6.45, 7) is -0.0615. The number of hydrogen-bond donors (Lipinski definition) is 1. The second-order valence-corrected chi connectivity index (χ2v) is 4.25. The normalized spacial score (nSPS) is 12.2. The second kappa shape index (κ2) is 3.96. The van der Waals surface area contributed by atoms with E-state index < -0.39 is 0 Å². The third-order valence-corrected chi connectivity index (χ3v) is 3.27. The predicted octanol–water partition coefficient (Wildman–Crippen LogP) is 2.40. The molecule has 18 heavy (non-hydrogen) atoms. The lowest BCUT2D eigenvalue weighted by Crippen LogP contribution is -1.96. The van der Waals surface area contributed by atoms with E-state index in [0.717, 1.165) is 16.7 Å². The van der Waals surface area contributed by atoms with Crippen molar-refractivity contribution in [2.24, 2.45) is 0 Å². The summed E-state index contributed by atoms with van der Waals surface area (Å²) in [4.78, 5) is 12.3. The van der Waals surface area contributed by atoms with E-state index in [1.165, 1.54) is 0 Å². The number of aliphatic hydroxyl groups excluding tert-OH is 1.